The molecule has 0 unspecified atom stereocenters. The number of rotatable bonds is 10. The highest BCUT2D eigenvalue weighted by molar-refractivity contribution is 7.87. The second-order valence-corrected chi connectivity index (χ2v) is 6.06. The third kappa shape index (κ3) is 6.15. The maximum atomic E-state index is 11.9. The first-order chi connectivity index (χ1) is 9.06. The number of hydrogen-bond acceptors (Lipinski definition) is 4. The lowest BCUT2D eigenvalue weighted by Crippen LogP contribution is -2.40. The molecule has 1 rings (SSSR count). The molecule has 0 aliphatic carbocycles. The Morgan fingerprint density at radius 2 is 2.16 bits per heavy atom. The summed E-state index contributed by atoms with van der Waals surface area (Å²) in [6.45, 7) is 5.11. The lowest BCUT2D eigenvalue weighted by Gasteiger charge is -2.17. The Hall–Kier alpha value is -0.960. The Morgan fingerprint density at radius 3 is 2.79 bits per heavy atom. The van der Waals surface area contributed by atoms with Crippen molar-refractivity contribution >= 4 is 10.2 Å². The van der Waals surface area contributed by atoms with Gasteiger partial charge >= 0.3 is 0 Å². The van der Waals surface area contributed by atoms with Gasteiger partial charge in [-0.3, -0.25) is 4.68 Å². The molecule has 0 saturated carbocycles. The molecular weight excluding hydrogens is 266 g/mol. The van der Waals surface area contributed by atoms with Crippen molar-refractivity contribution < 1.29 is 8.42 Å². The fraction of sp³-hybridized carbons (Fsp3) is 0.727. The first-order valence-electron chi connectivity index (χ1n) is 6.45. The van der Waals surface area contributed by atoms with E-state index in [1.165, 1.54) is 4.31 Å². The Kier molecular flexibility index (Phi) is 7.00. The second-order valence-electron chi connectivity index (χ2n) is 4.20. The van der Waals surface area contributed by atoms with Gasteiger partial charge in [-0.2, -0.15) is 17.8 Å². The average molecular weight is 289 g/mol. The number of hydrogen-bond donors (Lipinski definition) is 2. The lowest BCUT2D eigenvalue weighted by atomic mass is 10.4. The zero-order valence-electron chi connectivity index (χ0n) is 11.5. The van der Waals surface area contributed by atoms with Crippen LogP contribution in [0.5, 0.6) is 0 Å². The molecule has 7 nitrogen and oxygen atoms in total. The van der Waals surface area contributed by atoms with Crippen LogP contribution in [0.15, 0.2) is 18.5 Å². The van der Waals surface area contributed by atoms with Gasteiger partial charge in [-0.15, -0.1) is 0 Å². The molecule has 0 aromatic carbocycles. The molecule has 0 aliphatic heterocycles. The Bertz CT molecular complexity index is 432. The summed E-state index contributed by atoms with van der Waals surface area (Å²) < 4.78 is 29.4. The van der Waals surface area contributed by atoms with Gasteiger partial charge in [-0.1, -0.05) is 6.92 Å². The standard InChI is InChI=1S/C11H23N5O2S/c1-3-12-6-4-9-15(2)19(17,18)14-8-11-16-10-5-7-13-16/h5,7,10,12,14H,3-4,6,8-9,11H2,1-2H3. The monoisotopic (exact) mass is 289 g/mol. The SMILES string of the molecule is CCNCCCN(C)S(=O)(=O)NCCn1cccn1. The van der Waals surface area contributed by atoms with Gasteiger partial charge in [-0.25, -0.2) is 4.72 Å². The van der Waals surface area contributed by atoms with Crippen LogP contribution >= 0.6 is 0 Å². The zero-order valence-corrected chi connectivity index (χ0v) is 12.4. The van der Waals surface area contributed by atoms with Gasteiger partial charge in [0.2, 0.25) is 0 Å². The normalized spacial score (nSPS) is 12.2. The maximum absolute atomic E-state index is 11.9. The van der Waals surface area contributed by atoms with Crippen molar-refractivity contribution in [1.82, 2.24) is 24.1 Å². The molecule has 1 heterocycles. The Morgan fingerprint density at radius 1 is 1.37 bits per heavy atom. The molecule has 1 aromatic heterocycles. The van der Waals surface area contributed by atoms with Gasteiger partial charge in [0, 0.05) is 32.5 Å². The van der Waals surface area contributed by atoms with Crippen LogP contribution in [0, 0.1) is 0 Å². The predicted octanol–water partition coefficient (Wildman–Crippen LogP) is -0.351. The minimum Gasteiger partial charge on any atom is -0.317 e. The fourth-order valence-electron chi connectivity index (χ4n) is 1.56. The van der Waals surface area contributed by atoms with Gasteiger partial charge < -0.3 is 5.32 Å². The second kappa shape index (κ2) is 8.26. The van der Waals surface area contributed by atoms with E-state index in [2.05, 4.69) is 15.1 Å². The number of nitrogens with zero attached hydrogens (tertiary/aromatic N) is 3. The van der Waals surface area contributed by atoms with Crippen LogP contribution in [0.25, 0.3) is 0 Å². The lowest BCUT2D eigenvalue weighted by molar-refractivity contribution is 0.442. The van der Waals surface area contributed by atoms with Crippen LogP contribution in [-0.4, -0.2) is 55.7 Å². The summed E-state index contributed by atoms with van der Waals surface area (Å²) in [7, 11) is -1.80. The van der Waals surface area contributed by atoms with Crippen LogP contribution in [0.4, 0.5) is 0 Å². The van der Waals surface area contributed by atoms with E-state index in [1.807, 2.05) is 6.92 Å². The first-order valence-corrected chi connectivity index (χ1v) is 7.89. The molecule has 2 N–H and O–H groups in total. The molecule has 0 aliphatic rings. The summed E-state index contributed by atoms with van der Waals surface area (Å²) in [5.74, 6) is 0. The van der Waals surface area contributed by atoms with E-state index in [1.54, 1.807) is 30.2 Å². The quantitative estimate of drug-likeness (QED) is 0.577. The van der Waals surface area contributed by atoms with Crippen molar-refractivity contribution in [1.29, 1.82) is 0 Å². The van der Waals surface area contributed by atoms with E-state index in [0.29, 0.717) is 19.6 Å². The van der Waals surface area contributed by atoms with Crippen LogP contribution in [0.3, 0.4) is 0 Å². The van der Waals surface area contributed by atoms with Crippen molar-refractivity contribution in [2.75, 3.05) is 33.2 Å². The van der Waals surface area contributed by atoms with E-state index in [0.717, 1.165) is 19.5 Å². The Labute approximate surface area is 115 Å². The summed E-state index contributed by atoms with van der Waals surface area (Å²) in [5.41, 5.74) is 0. The predicted molar refractivity (Wildman–Crippen MR) is 74.9 cm³/mol. The van der Waals surface area contributed by atoms with Gasteiger partial charge in [0.15, 0.2) is 0 Å². The van der Waals surface area contributed by atoms with Crippen LogP contribution < -0.4 is 10.0 Å². The molecule has 0 radical (unpaired) electrons. The molecule has 0 atom stereocenters. The van der Waals surface area contributed by atoms with Gasteiger partial charge in [0.25, 0.3) is 10.2 Å². The molecule has 0 fully saturated rings. The van der Waals surface area contributed by atoms with E-state index < -0.39 is 10.2 Å². The molecule has 110 valence electrons. The van der Waals surface area contributed by atoms with E-state index in [-0.39, 0.29) is 0 Å². The third-order valence-electron chi connectivity index (χ3n) is 2.67. The Balaban J connectivity index is 2.25. The zero-order chi connectivity index (χ0) is 14.1. The summed E-state index contributed by atoms with van der Waals surface area (Å²) in [5, 5.41) is 7.17. The molecule has 1 aromatic rings. The molecule has 19 heavy (non-hydrogen) atoms. The highest BCUT2D eigenvalue weighted by Gasteiger charge is 2.15. The molecule has 8 heteroatoms. The van der Waals surface area contributed by atoms with Gasteiger partial charge in [0.1, 0.15) is 0 Å². The molecule has 0 spiro atoms. The van der Waals surface area contributed by atoms with Crippen molar-refractivity contribution in [3.8, 4) is 0 Å². The van der Waals surface area contributed by atoms with E-state index in [4.69, 9.17) is 0 Å². The average Bonchev–Trinajstić information content (AvgIpc) is 2.87. The van der Waals surface area contributed by atoms with Gasteiger partial charge in [0.05, 0.1) is 6.54 Å². The third-order valence-corrected chi connectivity index (χ3v) is 4.24. The maximum Gasteiger partial charge on any atom is 0.279 e. The van der Waals surface area contributed by atoms with Crippen LogP contribution in [0.2, 0.25) is 0 Å². The largest absolute Gasteiger partial charge is 0.317 e. The van der Waals surface area contributed by atoms with Crippen molar-refractivity contribution in [3.63, 3.8) is 0 Å². The highest BCUT2D eigenvalue weighted by Crippen LogP contribution is 1.95. The van der Waals surface area contributed by atoms with Gasteiger partial charge in [-0.05, 0) is 25.6 Å². The summed E-state index contributed by atoms with van der Waals surface area (Å²) in [4.78, 5) is 0. The summed E-state index contributed by atoms with van der Waals surface area (Å²) >= 11 is 0. The molecule has 0 saturated heterocycles. The molecule has 0 amide bonds. The van der Waals surface area contributed by atoms with E-state index >= 15 is 0 Å². The van der Waals surface area contributed by atoms with Crippen LogP contribution in [0.1, 0.15) is 13.3 Å². The summed E-state index contributed by atoms with van der Waals surface area (Å²) in [6, 6.07) is 1.81. The molecule has 0 bridgehead atoms. The van der Waals surface area contributed by atoms with Crippen LogP contribution in [-0.2, 0) is 16.8 Å². The minimum atomic E-state index is -3.39. The fourth-order valence-corrected chi connectivity index (χ4v) is 2.49. The summed E-state index contributed by atoms with van der Waals surface area (Å²) in [6.07, 6.45) is 4.26. The topological polar surface area (TPSA) is 79.3 Å². The number of nitrogens with one attached hydrogen (secondary N) is 2. The van der Waals surface area contributed by atoms with Crippen molar-refractivity contribution in [2.24, 2.45) is 0 Å². The highest BCUT2D eigenvalue weighted by atomic mass is 32.2. The first kappa shape index (κ1) is 16.1. The smallest absolute Gasteiger partial charge is 0.279 e. The van der Waals surface area contributed by atoms with Crippen molar-refractivity contribution in [3.05, 3.63) is 18.5 Å². The minimum absolute atomic E-state index is 0.335. The molecular formula is C11H23N5O2S. The van der Waals surface area contributed by atoms with Crippen molar-refractivity contribution in [2.45, 2.75) is 19.9 Å². The van der Waals surface area contributed by atoms with E-state index in [9.17, 15) is 8.42 Å². The number of aromatic nitrogens is 2.